The normalized spacial score (nSPS) is 20.0. The predicted octanol–water partition coefficient (Wildman–Crippen LogP) is 1.58. The summed E-state index contributed by atoms with van der Waals surface area (Å²) in [5, 5.41) is 5.44. The van der Waals surface area contributed by atoms with Crippen LogP contribution in [0.5, 0.6) is 11.5 Å². The fourth-order valence-electron chi connectivity index (χ4n) is 3.47. The number of ether oxygens (including phenoxy) is 2. The summed E-state index contributed by atoms with van der Waals surface area (Å²) in [6.45, 7) is 1.82. The van der Waals surface area contributed by atoms with Crippen molar-refractivity contribution in [3.63, 3.8) is 0 Å². The summed E-state index contributed by atoms with van der Waals surface area (Å²) in [4.78, 5) is 38.4. The quantitative estimate of drug-likeness (QED) is 0.724. The van der Waals surface area contributed by atoms with Gasteiger partial charge in [-0.05, 0) is 30.2 Å². The first-order valence-electron chi connectivity index (χ1n) is 9.28. The topological polar surface area (TPSA) is 97.0 Å². The van der Waals surface area contributed by atoms with E-state index in [2.05, 4.69) is 10.6 Å². The summed E-state index contributed by atoms with van der Waals surface area (Å²) in [6.07, 6.45) is 0.274. The van der Waals surface area contributed by atoms with Crippen molar-refractivity contribution in [2.24, 2.45) is 0 Å². The zero-order valence-electron chi connectivity index (χ0n) is 15.9. The van der Waals surface area contributed by atoms with Crippen LogP contribution in [-0.4, -0.2) is 41.6 Å². The largest absolute Gasteiger partial charge is 0.454 e. The van der Waals surface area contributed by atoms with E-state index in [9.17, 15) is 14.4 Å². The third-order valence-corrected chi connectivity index (χ3v) is 4.97. The Morgan fingerprint density at radius 3 is 2.66 bits per heavy atom. The van der Waals surface area contributed by atoms with Gasteiger partial charge in [0.25, 0.3) is 5.91 Å². The van der Waals surface area contributed by atoms with Gasteiger partial charge >= 0.3 is 6.03 Å². The number of nitrogens with one attached hydrogen (secondary N) is 2. The van der Waals surface area contributed by atoms with Gasteiger partial charge in [-0.15, -0.1) is 0 Å². The van der Waals surface area contributed by atoms with Gasteiger partial charge in [0.1, 0.15) is 12.1 Å². The van der Waals surface area contributed by atoms with Crippen LogP contribution in [0, 0.1) is 0 Å². The molecule has 4 rings (SSSR count). The Hall–Kier alpha value is -3.55. The monoisotopic (exact) mass is 395 g/mol. The molecule has 4 amide bonds. The average Bonchev–Trinajstić information content (AvgIpc) is 3.25. The highest BCUT2D eigenvalue weighted by molar-refractivity contribution is 6.08. The Kier molecular flexibility index (Phi) is 4.84. The number of hydrogen-bond donors (Lipinski definition) is 2. The molecule has 8 heteroatoms. The second-order valence-corrected chi connectivity index (χ2v) is 7.28. The van der Waals surface area contributed by atoms with Crippen LogP contribution in [0.3, 0.4) is 0 Å². The summed E-state index contributed by atoms with van der Waals surface area (Å²) in [5.41, 5.74) is 0.622. The van der Waals surface area contributed by atoms with Gasteiger partial charge in [-0.3, -0.25) is 14.5 Å². The summed E-state index contributed by atoms with van der Waals surface area (Å²) in [7, 11) is 0. The Labute approximate surface area is 167 Å². The maximum Gasteiger partial charge on any atom is 0.325 e. The molecule has 0 spiro atoms. The van der Waals surface area contributed by atoms with Gasteiger partial charge in [0.15, 0.2) is 11.5 Å². The first-order chi connectivity index (χ1) is 13.9. The molecule has 1 fully saturated rings. The molecule has 2 aromatic carbocycles. The molecule has 0 aliphatic carbocycles. The predicted molar refractivity (Wildman–Crippen MR) is 103 cm³/mol. The Balaban J connectivity index is 1.39. The second kappa shape index (κ2) is 7.46. The zero-order chi connectivity index (χ0) is 20.4. The van der Waals surface area contributed by atoms with Crippen LogP contribution in [0.1, 0.15) is 18.1 Å². The van der Waals surface area contributed by atoms with E-state index in [1.54, 1.807) is 19.1 Å². The third kappa shape index (κ3) is 3.87. The number of hydrogen-bond acceptors (Lipinski definition) is 5. The molecule has 1 atom stereocenters. The van der Waals surface area contributed by atoms with Crippen LogP contribution in [0.4, 0.5) is 4.79 Å². The maximum absolute atomic E-state index is 12.9. The van der Waals surface area contributed by atoms with Crippen LogP contribution in [0.25, 0.3) is 0 Å². The highest BCUT2D eigenvalue weighted by Crippen LogP contribution is 2.34. The van der Waals surface area contributed by atoms with Gasteiger partial charge in [0.2, 0.25) is 12.7 Å². The minimum Gasteiger partial charge on any atom is -0.454 e. The molecule has 29 heavy (non-hydrogen) atoms. The van der Waals surface area contributed by atoms with Crippen molar-refractivity contribution in [3.8, 4) is 11.5 Å². The standard InChI is InChI=1S/C21H21N3O5/c1-21(10-15-7-8-16-17(9-15)29-13-28-16)19(26)24(20(27)23-21)12-18(25)22-11-14-5-3-2-4-6-14/h2-9H,10-13H2,1H3,(H,22,25)(H,23,27)/t21-/m1/s1. The average molecular weight is 395 g/mol. The van der Waals surface area contributed by atoms with Gasteiger partial charge in [-0.25, -0.2) is 4.79 Å². The molecule has 2 N–H and O–H groups in total. The van der Waals surface area contributed by atoms with E-state index in [0.29, 0.717) is 18.0 Å². The molecule has 2 aliphatic heterocycles. The Morgan fingerprint density at radius 1 is 1.10 bits per heavy atom. The lowest BCUT2D eigenvalue weighted by Crippen LogP contribution is -2.46. The number of carbonyl (C=O) groups excluding carboxylic acids is 3. The second-order valence-electron chi connectivity index (χ2n) is 7.28. The molecule has 2 aliphatic rings. The van der Waals surface area contributed by atoms with E-state index >= 15 is 0 Å². The van der Waals surface area contributed by atoms with Crippen molar-refractivity contribution in [2.75, 3.05) is 13.3 Å². The van der Waals surface area contributed by atoms with Gasteiger partial charge in [-0.2, -0.15) is 0 Å². The van der Waals surface area contributed by atoms with Crippen LogP contribution in [0.15, 0.2) is 48.5 Å². The fraction of sp³-hybridized carbons (Fsp3) is 0.286. The summed E-state index contributed by atoms with van der Waals surface area (Å²) in [6, 6.07) is 14.2. The minimum atomic E-state index is -1.13. The number of urea groups is 1. The van der Waals surface area contributed by atoms with Gasteiger partial charge in [-0.1, -0.05) is 36.4 Å². The van der Waals surface area contributed by atoms with E-state index in [0.717, 1.165) is 16.0 Å². The molecular formula is C21H21N3O5. The highest BCUT2D eigenvalue weighted by Gasteiger charge is 2.48. The van der Waals surface area contributed by atoms with Crippen LogP contribution in [0.2, 0.25) is 0 Å². The molecule has 1 saturated heterocycles. The summed E-state index contributed by atoms with van der Waals surface area (Å²) >= 11 is 0. The lowest BCUT2D eigenvalue weighted by Gasteiger charge is -2.22. The van der Waals surface area contributed by atoms with E-state index in [1.165, 1.54) is 0 Å². The number of rotatable bonds is 6. The van der Waals surface area contributed by atoms with E-state index < -0.39 is 23.4 Å². The molecule has 2 aromatic rings. The fourth-order valence-corrected chi connectivity index (χ4v) is 3.47. The molecule has 2 heterocycles. The number of nitrogens with zero attached hydrogens (tertiary/aromatic N) is 1. The van der Waals surface area contributed by atoms with E-state index in [-0.39, 0.29) is 19.8 Å². The van der Waals surface area contributed by atoms with Crippen molar-refractivity contribution in [1.29, 1.82) is 0 Å². The Bertz CT molecular complexity index is 962. The highest BCUT2D eigenvalue weighted by atomic mass is 16.7. The first kappa shape index (κ1) is 18.8. The van der Waals surface area contributed by atoms with Crippen molar-refractivity contribution in [3.05, 3.63) is 59.7 Å². The van der Waals surface area contributed by atoms with Crippen LogP contribution < -0.4 is 20.1 Å². The smallest absolute Gasteiger partial charge is 0.325 e. The van der Waals surface area contributed by atoms with E-state index in [1.807, 2.05) is 36.4 Å². The lowest BCUT2D eigenvalue weighted by atomic mass is 9.92. The SMILES string of the molecule is C[C@]1(Cc2ccc3c(c2)OCO3)NC(=O)N(CC(=O)NCc2ccccc2)C1=O. The molecule has 150 valence electrons. The number of amides is 4. The van der Waals surface area contributed by atoms with Crippen molar-refractivity contribution >= 4 is 17.8 Å². The van der Waals surface area contributed by atoms with Crippen LogP contribution >= 0.6 is 0 Å². The molecule has 0 saturated carbocycles. The maximum atomic E-state index is 12.9. The molecule has 0 unspecified atom stereocenters. The first-order valence-corrected chi connectivity index (χ1v) is 9.28. The van der Waals surface area contributed by atoms with Crippen molar-refractivity contribution < 1.29 is 23.9 Å². The van der Waals surface area contributed by atoms with Gasteiger partial charge < -0.3 is 20.1 Å². The Morgan fingerprint density at radius 2 is 1.86 bits per heavy atom. The minimum absolute atomic E-state index is 0.164. The van der Waals surface area contributed by atoms with Crippen molar-refractivity contribution in [1.82, 2.24) is 15.5 Å². The third-order valence-electron chi connectivity index (χ3n) is 4.97. The number of imide groups is 1. The molecule has 0 aromatic heterocycles. The van der Waals surface area contributed by atoms with Gasteiger partial charge in [0, 0.05) is 13.0 Å². The van der Waals surface area contributed by atoms with Gasteiger partial charge in [0.05, 0.1) is 0 Å². The molecule has 8 nitrogen and oxygen atoms in total. The molecular weight excluding hydrogens is 374 g/mol. The number of fused-ring (bicyclic) bond motifs is 1. The summed E-state index contributed by atoms with van der Waals surface area (Å²) in [5.74, 6) is 0.428. The van der Waals surface area contributed by atoms with Crippen molar-refractivity contribution in [2.45, 2.75) is 25.4 Å². The molecule has 0 bridgehead atoms. The van der Waals surface area contributed by atoms with Crippen LogP contribution in [-0.2, 0) is 22.6 Å². The summed E-state index contributed by atoms with van der Waals surface area (Å²) < 4.78 is 10.7. The van der Waals surface area contributed by atoms with E-state index in [4.69, 9.17) is 9.47 Å². The number of benzene rings is 2. The molecule has 0 radical (unpaired) electrons. The number of carbonyl (C=O) groups is 3. The lowest BCUT2D eigenvalue weighted by molar-refractivity contribution is -0.134. The zero-order valence-corrected chi connectivity index (χ0v) is 15.9.